The molecule has 0 spiro atoms. The van der Waals surface area contributed by atoms with Crippen LogP contribution < -0.4 is 10.5 Å². The number of hydrogen-bond donors (Lipinski definition) is 1. The molecule has 0 radical (unpaired) electrons. The Labute approximate surface area is 141 Å². The van der Waals surface area contributed by atoms with Crippen LogP contribution in [-0.2, 0) is 17.6 Å². The Morgan fingerprint density at radius 1 is 1.08 bits per heavy atom. The number of benzene rings is 2. The molecule has 0 amide bonds. The first kappa shape index (κ1) is 16.0. The molecule has 24 heavy (non-hydrogen) atoms. The van der Waals surface area contributed by atoms with E-state index in [9.17, 15) is 4.79 Å². The zero-order valence-corrected chi connectivity index (χ0v) is 13.7. The highest BCUT2D eigenvalue weighted by Crippen LogP contribution is 2.23. The third kappa shape index (κ3) is 3.71. The number of carbonyl (C=O) groups is 1. The van der Waals surface area contributed by atoms with Crippen molar-refractivity contribution in [1.82, 2.24) is 4.98 Å². The fraction of sp³-hybridized carbons (Fsp3) is 0.200. The highest BCUT2D eigenvalue weighted by atomic mass is 16.5. The number of nitrogens with zero attached hydrogens (tertiary/aromatic N) is 1. The molecule has 3 rings (SSSR count). The first-order chi connectivity index (χ1) is 11.7. The van der Waals surface area contributed by atoms with Gasteiger partial charge in [-0.2, -0.15) is 0 Å². The second-order valence-corrected chi connectivity index (χ2v) is 5.71. The largest absolute Gasteiger partial charge is 0.478 e. The summed E-state index contributed by atoms with van der Waals surface area (Å²) < 4.78 is 5.63. The Morgan fingerprint density at radius 2 is 1.83 bits per heavy atom. The third-order valence-corrected chi connectivity index (χ3v) is 3.81. The Balaban J connectivity index is 1.83. The molecule has 0 unspecified atom stereocenters. The molecule has 122 valence electrons. The second kappa shape index (κ2) is 7.13. The van der Waals surface area contributed by atoms with Crippen molar-refractivity contribution in [3.05, 3.63) is 65.7 Å². The highest BCUT2D eigenvalue weighted by Gasteiger charge is 2.13. The number of anilines is 1. The number of nitrogen functional groups attached to an aromatic ring is 1. The van der Waals surface area contributed by atoms with Gasteiger partial charge in [0.2, 0.25) is 5.88 Å². The van der Waals surface area contributed by atoms with E-state index in [1.165, 1.54) is 0 Å². The monoisotopic (exact) mass is 320 g/mol. The van der Waals surface area contributed by atoms with Crippen LogP contribution in [0.25, 0.3) is 10.9 Å². The summed E-state index contributed by atoms with van der Waals surface area (Å²) in [7, 11) is 0. The van der Waals surface area contributed by atoms with Gasteiger partial charge < -0.3 is 10.5 Å². The summed E-state index contributed by atoms with van der Waals surface area (Å²) in [6.07, 6.45) is 0.677. The van der Waals surface area contributed by atoms with E-state index in [-0.39, 0.29) is 5.78 Å². The van der Waals surface area contributed by atoms with Crippen LogP contribution in [0.2, 0.25) is 0 Å². The van der Waals surface area contributed by atoms with Gasteiger partial charge in [0.15, 0.2) is 0 Å². The average Bonchev–Trinajstić information content (AvgIpc) is 2.57. The molecule has 0 atom stereocenters. The van der Waals surface area contributed by atoms with Crippen molar-refractivity contribution in [3.8, 4) is 5.88 Å². The third-order valence-electron chi connectivity index (χ3n) is 3.81. The summed E-state index contributed by atoms with van der Waals surface area (Å²) in [5.74, 6) is 0.666. The molecule has 3 aromatic rings. The standard InChI is InChI=1S/C20H20N2O2/c1-2-24-20-16(12-15-5-3-4-6-19(15)22-20)13-18(23)11-14-7-9-17(21)10-8-14/h3-10,12H,2,11,13,21H2,1H3. The fourth-order valence-electron chi connectivity index (χ4n) is 2.67. The maximum absolute atomic E-state index is 12.4. The van der Waals surface area contributed by atoms with Crippen molar-refractivity contribution in [1.29, 1.82) is 0 Å². The van der Waals surface area contributed by atoms with Crippen LogP contribution in [0.4, 0.5) is 5.69 Å². The van der Waals surface area contributed by atoms with Crippen LogP contribution in [0.1, 0.15) is 18.1 Å². The van der Waals surface area contributed by atoms with Crippen LogP contribution in [0, 0.1) is 0 Å². The van der Waals surface area contributed by atoms with Crippen LogP contribution in [-0.4, -0.2) is 17.4 Å². The summed E-state index contributed by atoms with van der Waals surface area (Å²) >= 11 is 0. The number of ether oxygens (including phenoxy) is 1. The molecule has 0 aliphatic carbocycles. The maximum atomic E-state index is 12.4. The number of ketones is 1. The summed E-state index contributed by atoms with van der Waals surface area (Å²) in [6.45, 7) is 2.43. The number of para-hydroxylation sites is 1. The van der Waals surface area contributed by atoms with Gasteiger partial charge in [-0.1, -0.05) is 30.3 Å². The van der Waals surface area contributed by atoms with Crippen molar-refractivity contribution < 1.29 is 9.53 Å². The normalized spacial score (nSPS) is 10.7. The predicted octanol–water partition coefficient (Wildman–Crippen LogP) is 3.57. The second-order valence-electron chi connectivity index (χ2n) is 5.71. The van der Waals surface area contributed by atoms with E-state index in [1.807, 2.05) is 61.5 Å². The Bertz CT molecular complexity index is 857. The van der Waals surface area contributed by atoms with Crippen molar-refractivity contribution >= 4 is 22.4 Å². The first-order valence-corrected chi connectivity index (χ1v) is 8.03. The molecule has 0 saturated carbocycles. The van der Waals surface area contributed by atoms with E-state index < -0.39 is 0 Å². The van der Waals surface area contributed by atoms with Gasteiger partial charge in [0, 0.05) is 29.5 Å². The van der Waals surface area contributed by atoms with E-state index in [0.29, 0.717) is 31.0 Å². The summed E-state index contributed by atoms with van der Waals surface area (Å²) in [5, 5.41) is 1.01. The molecule has 0 aliphatic heterocycles. The van der Waals surface area contributed by atoms with Crippen LogP contribution in [0.3, 0.4) is 0 Å². The van der Waals surface area contributed by atoms with E-state index in [1.54, 1.807) is 0 Å². The molecule has 0 aliphatic rings. The van der Waals surface area contributed by atoms with Crippen LogP contribution >= 0.6 is 0 Å². The molecule has 0 bridgehead atoms. The Kier molecular flexibility index (Phi) is 4.75. The number of aromatic nitrogens is 1. The minimum absolute atomic E-state index is 0.123. The van der Waals surface area contributed by atoms with E-state index in [4.69, 9.17) is 10.5 Å². The van der Waals surface area contributed by atoms with Crippen molar-refractivity contribution in [2.75, 3.05) is 12.3 Å². The molecule has 1 heterocycles. The number of Topliss-reactive ketones (excluding diaryl/α,β-unsaturated/α-hetero) is 1. The molecule has 1 aromatic heterocycles. The van der Waals surface area contributed by atoms with Crippen LogP contribution in [0.15, 0.2) is 54.6 Å². The lowest BCUT2D eigenvalue weighted by molar-refractivity contribution is -0.117. The molecule has 4 nitrogen and oxygen atoms in total. The number of nitrogens with two attached hydrogens (primary N) is 1. The van der Waals surface area contributed by atoms with Crippen LogP contribution in [0.5, 0.6) is 5.88 Å². The summed E-state index contributed by atoms with van der Waals surface area (Å²) in [6, 6.07) is 17.2. The van der Waals surface area contributed by atoms with Gasteiger partial charge in [0.1, 0.15) is 5.78 Å². The number of fused-ring (bicyclic) bond motifs is 1. The maximum Gasteiger partial charge on any atom is 0.217 e. The number of carbonyl (C=O) groups excluding carboxylic acids is 1. The highest BCUT2D eigenvalue weighted by molar-refractivity contribution is 5.86. The SMILES string of the molecule is CCOc1nc2ccccc2cc1CC(=O)Cc1ccc(N)cc1. The number of hydrogen-bond acceptors (Lipinski definition) is 4. The Morgan fingerprint density at radius 3 is 2.58 bits per heavy atom. The quantitative estimate of drug-likeness (QED) is 0.705. The number of rotatable bonds is 6. The van der Waals surface area contributed by atoms with Gasteiger partial charge in [-0.05, 0) is 36.8 Å². The lowest BCUT2D eigenvalue weighted by Crippen LogP contribution is -2.09. The number of pyridine rings is 1. The molecule has 4 heteroatoms. The smallest absolute Gasteiger partial charge is 0.217 e. The lowest BCUT2D eigenvalue weighted by atomic mass is 10.0. The van der Waals surface area contributed by atoms with Gasteiger partial charge in [-0.15, -0.1) is 0 Å². The van der Waals surface area contributed by atoms with Gasteiger partial charge in [0.05, 0.1) is 12.1 Å². The van der Waals surface area contributed by atoms with Gasteiger partial charge in [0.25, 0.3) is 0 Å². The Hall–Kier alpha value is -2.88. The fourth-order valence-corrected chi connectivity index (χ4v) is 2.67. The predicted molar refractivity (Wildman–Crippen MR) is 96.2 cm³/mol. The van der Waals surface area contributed by atoms with Gasteiger partial charge in [-0.3, -0.25) is 4.79 Å². The van der Waals surface area contributed by atoms with Gasteiger partial charge in [-0.25, -0.2) is 4.98 Å². The van der Waals surface area contributed by atoms with E-state index >= 15 is 0 Å². The topological polar surface area (TPSA) is 65.2 Å². The van der Waals surface area contributed by atoms with E-state index in [0.717, 1.165) is 22.0 Å². The molecule has 0 saturated heterocycles. The molecule has 2 aromatic carbocycles. The molecular formula is C20H20N2O2. The minimum atomic E-state index is 0.123. The lowest BCUT2D eigenvalue weighted by Gasteiger charge is -2.10. The van der Waals surface area contributed by atoms with Gasteiger partial charge >= 0.3 is 0 Å². The first-order valence-electron chi connectivity index (χ1n) is 8.03. The summed E-state index contributed by atoms with van der Waals surface area (Å²) in [4.78, 5) is 17.0. The minimum Gasteiger partial charge on any atom is -0.478 e. The molecule has 2 N–H and O–H groups in total. The average molecular weight is 320 g/mol. The summed E-state index contributed by atoms with van der Waals surface area (Å²) in [5.41, 5.74) is 9.03. The zero-order chi connectivity index (χ0) is 16.9. The van der Waals surface area contributed by atoms with Crippen molar-refractivity contribution in [3.63, 3.8) is 0 Å². The molecule has 0 fully saturated rings. The van der Waals surface area contributed by atoms with Crippen molar-refractivity contribution in [2.24, 2.45) is 0 Å². The van der Waals surface area contributed by atoms with Crippen molar-refractivity contribution in [2.45, 2.75) is 19.8 Å². The zero-order valence-electron chi connectivity index (χ0n) is 13.7. The molecular weight excluding hydrogens is 300 g/mol. The van der Waals surface area contributed by atoms with E-state index in [2.05, 4.69) is 4.98 Å².